The van der Waals surface area contributed by atoms with Crippen LogP contribution >= 0.6 is 34.0 Å². The highest BCUT2D eigenvalue weighted by molar-refractivity contribution is 7.27. The Bertz CT molecular complexity index is 3930. The molecule has 13 aromatic rings. The van der Waals surface area contributed by atoms with Crippen molar-refractivity contribution >= 4 is 94.7 Å². The van der Waals surface area contributed by atoms with Crippen molar-refractivity contribution in [2.24, 2.45) is 0 Å². The van der Waals surface area contributed by atoms with Crippen molar-refractivity contribution in [1.29, 1.82) is 0 Å². The molecule has 0 aliphatic carbocycles. The summed E-state index contributed by atoms with van der Waals surface area (Å²) in [6.45, 7) is 0. The Morgan fingerprint density at radius 3 is 1.70 bits per heavy atom. The Morgan fingerprint density at radius 1 is 0.286 bits per heavy atom. The minimum absolute atomic E-state index is 0.630. The molecule has 0 aliphatic heterocycles. The van der Waals surface area contributed by atoms with Gasteiger partial charge in [0.1, 0.15) is 0 Å². The zero-order chi connectivity index (χ0) is 41.4. The number of hydrogen-bond acceptors (Lipinski definition) is 8. The zero-order valence-corrected chi connectivity index (χ0v) is 35.8. The summed E-state index contributed by atoms with van der Waals surface area (Å²) < 4.78 is 7.18. The van der Waals surface area contributed by atoms with E-state index in [0.29, 0.717) is 23.3 Å². The van der Waals surface area contributed by atoms with Crippen molar-refractivity contribution < 1.29 is 0 Å². The van der Waals surface area contributed by atoms with Crippen LogP contribution in [0.3, 0.4) is 0 Å². The van der Waals surface area contributed by atoms with E-state index in [1.807, 2.05) is 35.6 Å². The van der Waals surface area contributed by atoms with Crippen LogP contribution in [0.5, 0.6) is 0 Å². The second-order valence-corrected chi connectivity index (χ2v) is 18.8. The molecule has 0 amide bonds. The van der Waals surface area contributed by atoms with E-state index in [-0.39, 0.29) is 0 Å². The standard InChI is InChI=1S/C55H31N5S3/c1-3-14-32(15-4-1)48-51-49(41-21-8-10-26-44(41)63-51)57-53(56-48)36-28-29-40-46(31-36)61-45-27-13-24-42(47(40)45)55-59-52(33-16-5-2-6-17-33)58-54(60-55)35-19-11-18-34(30-35)37-22-12-23-39-38-20-7-9-25-43(38)62-50(37)39/h1-31H. The molecule has 5 aromatic heterocycles. The van der Waals surface area contributed by atoms with E-state index in [1.54, 1.807) is 22.7 Å². The Balaban J connectivity index is 0.960. The highest BCUT2D eigenvalue weighted by Crippen LogP contribution is 2.44. The molecule has 13 rings (SSSR count). The predicted molar refractivity (Wildman–Crippen MR) is 267 cm³/mol. The third kappa shape index (κ3) is 6.06. The average Bonchev–Trinajstić information content (AvgIpc) is 4.05. The molecule has 0 radical (unpaired) electrons. The summed E-state index contributed by atoms with van der Waals surface area (Å²) in [5.41, 5.74) is 9.16. The van der Waals surface area contributed by atoms with Gasteiger partial charge in [0.25, 0.3) is 0 Å². The van der Waals surface area contributed by atoms with Crippen molar-refractivity contribution in [3.63, 3.8) is 0 Å². The lowest BCUT2D eigenvalue weighted by atomic mass is 10.0. The van der Waals surface area contributed by atoms with Crippen LogP contribution in [0.15, 0.2) is 188 Å². The Morgan fingerprint density at radius 2 is 0.857 bits per heavy atom. The number of thiophene rings is 3. The highest BCUT2D eigenvalue weighted by atomic mass is 32.1. The van der Waals surface area contributed by atoms with Gasteiger partial charge < -0.3 is 0 Å². The molecule has 294 valence electrons. The van der Waals surface area contributed by atoms with Crippen molar-refractivity contribution in [1.82, 2.24) is 24.9 Å². The highest BCUT2D eigenvalue weighted by Gasteiger charge is 2.20. The largest absolute Gasteiger partial charge is 0.226 e. The summed E-state index contributed by atoms with van der Waals surface area (Å²) in [5, 5.41) is 5.97. The van der Waals surface area contributed by atoms with Crippen molar-refractivity contribution in [3.05, 3.63) is 188 Å². The lowest BCUT2D eigenvalue weighted by Crippen LogP contribution is -2.00. The molecule has 0 fully saturated rings. The zero-order valence-electron chi connectivity index (χ0n) is 33.4. The number of benzene rings is 8. The van der Waals surface area contributed by atoms with Gasteiger partial charge in [0.15, 0.2) is 23.3 Å². The van der Waals surface area contributed by atoms with Gasteiger partial charge in [-0.3, -0.25) is 0 Å². The molecule has 63 heavy (non-hydrogen) atoms. The van der Waals surface area contributed by atoms with Crippen LogP contribution in [0, 0.1) is 0 Å². The monoisotopic (exact) mass is 857 g/mol. The van der Waals surface area contributed by atoms with Crippen LogP contribution in [0.25, 0.3) is 129 Å². The Hall–Kier alpha value is -7.49. The van der Waals surface area contributed by atoms with E-state index in [0.717, 1.165) is 74.8 Å². The molecule has 0 N–H and O–H groups in total. The number of fused-ring (bicyclic) bond motifs is 9. The fourth-order valence-corrected chi connectivity index (χ4v) is 12.4. The molecule has 0 saturated heterocycles. The van der Waals surface area contributed by atoms with Crippen LogP contribution in [0.4, 0.5) is 0 Å². The van der Waals surface area contributed by atoms with E-state index in [2.05, 4.69) is 164 Å². The summed E-state index contributed by atoms with van der Waals surface area (Å²) in [7, 11) is 0. The molecule has 0 saturated carbocycles. The Kier molecular flexibility index (Phi) is 8.37. The van der Waals surface area contributed by atoms with Gasteiger partial charge in [0.2, 0.25) is 0 Å². The first kappa shape index (κ1) is 36.2. The van der Waals surface area contributed by atoms with E-state index in [1.165, 1.54) is 30.4 Å². The van der Waals surface area contributed by atoms with Gasteiger partial charge >= 0.3 is 0 Å². The van der Waals surface area contributed by atoms with Crippen molar-refractivity contribution in [3.8, 4) is 67.9 Å². The molecule has 0 bridgehead atoms. The van der Waals surface area contributed by atoms with Gasteiger partial charge in [0, 0.05) is 78.2 Å². The van der Waals surface area contributed by atoms with Gasteiger partial charge in [-0.2, -0.15) is 0 Å². The third-order valence-corrected chi connectivity index (χ3v) is 15.3. The molecule has 5 nitrogen and oxygen atoms in total. The first-order chi connectivity index (χ1) is 31.2. The fraction of sp³-hybridized carbons (Fsp3) is 0. The number of hydrogen-bond donors (Lipinski definition) is 0. The fourth-order valence-electron chi connectivity index (χ4n) is 8.81. The summed E-state index contributed by atoms with van der Waals surface area (Å²) in [4.78, 5) is 26.1. The van der Waals surface area contributed by atoms with Crippen LogP contribution in [-0.2, 0) is 0 Å². The topological polar surface area (TPSA) is 64.5 Å². The first-order valence-corrected chi connectivity index (χ1v) is 23.2. The SMILES string of the molecule is c1ccc(-c2nc(-c3cccc(-c4cccc5c4sc4ccccc45)c3)nc(-c3cccc4sc5cc(-c6nc(-c7ccccc7)c7sc8ccccc8c7n6)ccc5c34)n2)cc1. The van der Waals surface area contributed by atoms with Crippen LogP contribution in [0.2, 0.25) is 0 Å². The normalized spacial score (nSPS) is 11.8. The lowest BCUT2D eigenvalue weighted by Gasteiger charge is -2.11. The van der Waals surface area contributed by atoms with E-state index < -0.39 is 0 Å². The van der Waals surface area contributed by atoms with E-state index >= 15 is 0 Å². The summed E-state index contributed by atoms with van der Waals surface area (Å²) in [5.74, 6) is 2.61. The third-order valence-electron chi connectivity index (χ3n) is 11.8. The van der Waals surface area contributed by atoms with E-state index in [4.69, 9.17) is 24.9 Å². The van der Waals surface area contributed by atoms with Gasteiger partial charge in [-0.05, 0) is 41.5 Å². The van der Waals surface area contributed by atoms with Gasteiger partial charge in [-0.25, -0.2) is 24.9 Å². The maximum Gasteiger partial charge on any atom is 0.164 e. The summed E-state index contributed by atoms with van der Waals surface area (Å²) in [6.07, 6.45) is 0. The molecule has 8 aromatic carbocycles. The molecule has 0 aliphatic rings. The average molecular weight is 858 g/mol. The molecule has 8 heteroatoms. The second kappa shape index (κ2) is 14.6. The number of rotatable bonds is 6. The second-order valence-electron chi connectivity index (χ2n) is 15.6. The van der Waals surface area contributed by atoms with Gasteiger partial charge in [-0.1, -0.05) is 158 Å². The summed E-state index contributed by atoms with van der Waals surface area (Å²) >= 11 is 5.36. The van der Waals surface area contributed by atoms with Crippen LogP contribution in [0.1, 0.15) is 0 Å². The number of aromatic nitrogens is 5. The van der Waals surface area contributed by atoms with Crippen molar-refractivity contribution in [2.75, 3.05) is 0 Å². The molecule has 0 atom stereocenters. The molecular weight excluding hydrogens is 827 g/mol. The molecule has 5 heterocycles. The lowest BCUT2D eigenvalue weighted by molar-refractivity contribution is 1.08. The minimum atomic E-state index is 0.630. The minimum Gasteiger partial charge on any atom is -0.226 e. The van der Waals surface area contributed by atoms with Crippen LogP contribution < -0.4 is 0 Å². The predicted octanol–water partition coefficient (Wildman–Crippen LogP) is 15.8. The molecule has 0 unspecified atom stereocenters. The maximum absolute atomic E-state index is 5.29. The van der Waals surface area contributed by atoms with Gasteiger partial charge in [0.05, 0.1) is 15.9 Å². The van der Waals surface area contributed by atoms with Crippen LogP contribution in [-0.4, -0.2) is 24.9 Å². The smallest absolute Gasteiger partial charge is 0.164 e. The van der Waals surface area contributed by atoms with E-state index in [9.17, 15) is 0 Å². The van der Waals surface area contributed by atoms with Gasteiger partial charge in [-0.15, -0.1) is 34.0 Å². The first-order valence-electron chi connectivity index (χ1n) is 20.7. The Labute approximate surface area is 373 Å². The number of nitrogens with zero attached hydrogens (tertiary/aromatic N) is 5. The molecular formula is C55H31N5S3. The molecule has 0 spiro atoms. The maximum atomic E-state index is 5.29. The van der Waals surface area contributed by atoms with Crippen molar-refractivity contribution in [2.45, 2.75) is 0 Å². The summed E-state index contributed by atoms with van der Waals surface area (Å²) in [6, 6.07) is 66.1. The quantitative estimate of drug-likeness (QED) is 0.167.